The lowest BCUT2D eigenvalue weighted by molar-refractivity contribution is -0.121. The third kappa shape index (κ3) is 5.33. The minimum atomic E-state index is -0.193. The average Bonchev–Trinajstić information content (AvgIpc) is 3.34. The number of nitrogens with one attached hydrogen (secondary N) is 1. The molecule has 2 aromatic carbocycles. The summed E-state index contributed by atoms with van der Waals surface area (Å²) in [5.74, 6) is -0.298. The van der Waals surface area contributed by atoms with E-state index in [0.717, 1.165) is 54.6 Å². The Hall–Kier alpha value is -3.82. The first-order chi connectivity index (χ1) is 17.9. The highest BCUT2D eigenvalue weighted by Gasteiger charge is 2.31. The Morgan fingerprint density at radius 1 is 1.05 bits per heavy atom. The summed E-state index contributed by atoms with van der Waals surface area (Å²) in [5, 5.41) is 0.626. The highest BCUT2D eigenvalue weighted by molar-refractivity contribution is 8.18. The van der Waals surface area contributed by atoms with E-state index in [2.05, 4.69) is 22.5 Å². The molecule has 8 nitrogen and oxygen atoms in total. The molecule has 2 aliphatic rings. The highest BCUT2D eigenvalue weighted by atomic mass is 32.2. The van der Waals surface area contributed by atoms with Crippen LogP contribution in [0.5, 0.6) is 0 Å². The number of hydrogen-bond donors (Lipinski definition) is 1. The first-order valence-corrected chi connectivity index (χ1v) is 13.0. The van der Waals surface area contributed by atoms with Crippen LogP contribution in [0.1, 0.15) is 27.3 Å². The van der Waals surface area contributed by atoms with E-state index in [1.54, 1.807) is 28.8 Å². The zero-order chi connectivity index (χ0) is 25.9. The molecule has 1 aromatic heterocycles. The number of amidine groups is 1. The van der Waals surface area contributed by atoms with Crippen LogP contribution in [0.3, 0.4) is 0 Å². The van der Waals surface area contributed by atoms with Crippen molar-refractivity contribution in [3.05, 3.63) is 88.1 Å². The van der Waals surface area contributed by atoms with Crippen molar-refractivity contribution in [1.29, 1.82) is 0 Å². The molecule has 5 rings (SSSR count). The van der Waals surface area contributed by atoms with Crippen LogP contribution in [-0.4, -0.2) is 59.9 Å². The number of aliphatic imine (C=N–C) groups is 1. The summed E-state index contributed by atoms with van der Waals surface area (Å²) >= 11 is 1.35. The van der Waals surface area contributed by atoms with Crippen LogP contribution in [0.25, 0.3) is 6.08 Å². The van der Waals surface area contributed by atoms with Crippen LogP contribution >= 0.6 is 11.8 Å². The van der Waals surface area contributed by atoms with E-state index in [9.17, 15) is 9.59 Å². The second kappa shape index (κ2) is 10.7. The molecule has 37 heavy (non-hydrogen) atoms. The summed E-state index contributed by atoms with van der Waals surface area (Å²) in [7, 11) is 1.74. The second-order valence-electron chi connectivity index (χ2n) is 8.95. The van der Waals surface area contributed by atoms with Gasteiger partial charge in [-0.25, -0.2) is 4.99 Å². The Morgan fingerprint density at radius 3 is 2.46 bits per heavy atom. The summed E-state index contributed by atoms with van der Waals surface area (Å²) in [6.45, 7) is 7.08. The van der Waals surface area contributed by atoms with Crippen LogP contribution < -0.4 is 10.3 Å². The van der Waals surface area contributed by atoms with E-state index in [1.807, 2.05) is 56.3 Å². The van der Waals surface area contributed by atoms with Crippen molar-refractivity contribution in [3.8, 4) is 0 Å². The number of thioether (sulfide) groups is 1. The van der Waals surface area contributed by atoms with Crippen molar-refractivity contribution < 1.29 is 14.3 Å². The maximum Gasteiger partial charge on any atom is 0.270 e. The van der Waals surface area contributed by atoms with Crippen LogP contribution in [0.2, 0.25) is 0 Å². The number of benzene rings is 2. The van der Waals surface area contributed by atoms with Gasteiger partial charge in [-0.1, -0.05) is 18.2 Å². The molecule has 2 amide bonds. The van der Waals surface area contributed by atoms with Crippen molar-refractivity contribution in [2.45, 2.75) is 13.8 Å². The van der Waals surface area contributed by atoms with E-state index in [1.165, 1.54) is 11.8 Å². The van der Waals surface area contributed by atoms with E-state index >= 15 is 0 Å². The first-order valence-electron chi connectivity index (χ1n) is 12.1. The molecule has 0 saturated carbocycles. The summed E-state index contributed by atoms with van der Waals surface area (Å²) in [6, 6.07) is 19.1. The fraction of sp³-hybridized carbons (Fsp3) is 0.250. The number of aryl methyl sites for hydroxylation is 1. The minimum absolute atomic E-state index is 0.105. The number of morpholine rings is 1. The van der Waals surface area contributed by atoms with Gasteiger partial charge in [-0.3, -0.25) is 24.6 Å². The van der Waals surface area contributed by atoms with Crippen molar-refractivity contribution in [2.24, 2.45) is 4.99 Å². The van der Waals surface area contributed by atoms with Gasteiger partial charge < -0.3 is 9.64 Å². The van der Waals surface area contributed by atoms with Gasteiger partial charge in [0.15, 0.2) is 5.17 Å². The number of likely N-dealkylation sites (N-methyl/N-ethyl adjacent to an activating group) is 1. The van der Waals surface area contributed by atoms with Crippen molar-refractivity contribution >= 4 is 46.2 Å². The molecule has 1 N–H and O–H groups in total. The minimum Gasteiger partial charge on any atom is -0.378 e. The molecule has 2 fully saturated rings. The Balaban J connectivity index is 1.33. The molecule has 2 aliphatic heterocycles. The third-order valence-electron chi connectivity index (χ3n) is 6.46. The molecule has 0 unspecified atom stereocenters. The SMILES string of the molecule is Cc1cc(/C=C2\SC(=Nc3ccc(N4CCOCC4)cc3)N(C)C2=O)c(C)n1NC(=O)c1ccccc1. The monoisotopic (exact) mass is 515 g/mol. The molecule has 0 radical (unpaired) electrons. The lowest BCUT2D eigenvalue weighted by Crippen LogP contribution is -2.36. The smallest absolute Gasteiger partial charge is 0.270 e. The van der Waals surface area contributed by atoms with Gasteiger partial charge in [-0.15, -0.1) is 0 Å². The fourth-order valence-electron chi connectivity index (χ4n) is 4.32. The predicted octanol–water partition coefficient (Wildman–Crippen LogP) is 4.56. The first kappa shape index (κ1) is 24.9. The molecule has 0 spiro atoms. The maximum atomic E-state index is 13.0. The Labute approximate surface area is 220 Å². The Morgan fingerprint density at radius 2 is 1.76 bits per heavy atom. The molecule has 9 heteroatoms. The normalized spacial score (nSPS) is 18.2. The number of carbonyl (C=O) groups excluding carboxylic acids is 2. The Kier molecular flexibility index (Phi) is 7.16. The van der Waals surface area contributed by atoms with Gasteiger partial charge >= 0.3 is 0 Å². The van der Waals surface area contributed by atoms with Crippen molar-refractivity contribution in [2.75, 3.05) is 43.7 Å². The number of aromatic nitrogens is 1. The molecule has 0 aliphatic carbocycles. The van der Waals surface area contributed by atoms with E-state index < -0.39 is 0 Å². The van der Waals surface area contributed by atoms with Gasteiger partial charge in [-0.2, -0.15) is 0 Å². The number of hydrogen-bond acceptors (Lipinski definition) is 6. The predicted molar refractivity (Wildman–Crippen MR) is 149 cm³/mol. The van der Waals surface area contributed by atoms with E-state index in [0.29, 0.717) is 15.6 Å². The largest absolute Gasteiger partial charge is 0.378 e. The van der Waals surface area contributed by atoms with Gasteiger partial charge in [0.2, 0.25) is 0 Å². The standard InChI is InChI=1S/C28H29N5O3S/c1-19-17-22(20(2)33(19)30-26(34)21-7-5-4-6-8-21)18-25-27(35)31(3)28(37-25)29-23-9-11-24(12-10-23)32-13-15-36-16-14-32/h4-12,17-18H,13-16H2,1-3H3,(H,30,34)/b25-18-,29-28?. The molecule has 2 saturated heterocycles. The molecule has 0 atom stereocenters. The topological polar surface area (TPSA) is 79.2 Å². The van der Waals surface area contributed by atoms with Crippen LogP contribution in [0, 0.1) is 13.8 Å². The number of amides is 2. The zero-order valence-corrected chi connectivity index (χ0v) is 21.9. The summed E-state index contributed by atoms with van der Waals surface area (Å²) in [4.78, 5) is 34.8. The quantitative estimate of drug-likeness (QED) is 0.504. The van der Waals surface area contributed by atoms with Gasteiger partial charge in [0.05, 0.1) is 23.8 Å². The lowest BCUT2D eigenvalue weighted by Gasteiger charge is -2.28. The lowest BCUT2D eigenvalue weighted by atomic mass is 10.2. The van der Waals surface area contributed by atoms with Crippen LogP contribution in [-0.2, 0) is 9.53 Å². The third-order valence-corrected chi connectivity index (χ3v) is 7.52. The maximum absolute atomic E-state index is 13.0. The van der Waals surface area contributed by atoms with Crippen molar-refractivity contribution in [1.82, 2.24) is 9.58 Å². The van der Waals surface area contributed by atoms with Crippen LogP contribution in [0.4, 0.5) is 11.4 Å². The van der Waals surface area contributed by atoms with Gasteiger partial charge in [0.25, 0.3) is 11.8 Å². The Bertz CT molecular complexity index is 1370. The summed E-state index contributed by atoms with van der Waals surface area (Å²) < 4.78 is 7.18. The van der Waals surface area contributed by atoms with E-state index in [-0.39, 0.29) is 11.8 Å². The number of carbonyl (C=O) groups is 2. The summed E-state index contributed by atoms with van der Waals surface area (Å²) in [6.07, 6.45) is 1.86. The highest BCUT2D eigenvalue weighted by Crippen LogP contribution is 2.34. The van der Waals surface area contributed by atoms with Crippen molar-refractivity contribution in [3.63, 3.8) is 0 Å². The number of ether oxygens (including phenoxy) is 1. The molecule has 3 heterocycles. The fourth-order valence-corrected chi connectivity index (χ4v) is 5.30. The van der Waals surface area contributed by atoms with E-state index in [4.69, 9.17) is 9.73 Å². The molecule has 190 valence electrons. The van der Waals surface area contributed by atoms with Gasteiger partial charge in [-0.05, 0) is 79.7 Å². The number of rotatable bonds is 5. The molecule has 0 bridgehead atoms. The second-order valence-corrected chi connectivity index (χ2v) is 9.96. The molecular weight excluding hydrogens is 486 g/mol. The van der Waals surface area contributed by atoms with Crippen LogP contribution in [0.15, 0.2) is 70.6 Å². The summed E-state index contributed by atoms with van der Waals surface area (Å²) in [5.41, 5.74) is 8.04. The molecular formula is C28H29N5O3S. The zero-order valence-electron chi connectivity index (χ0n) is 21.1. The number of anilines is 1. The average molecular weight is 516 g/mol. The van der Waals surface area contributed by atoms with Gasteiger partial charge in [0.1, 0.15) is 0 Å². The van der Waals surface area contributed by atoms with Gasteiger partial charge in [0, 0.05) is 42.8 Å². The molecule has 3 aromatic rings. The number of nitrogens with zero attached hydrogens (tertiary/aromatic N) is 4.